The second-order valence-electron chi connectivity index (χ2n) is 6.14. The first-order valence-electron chi connectivity index (χ1n) is 8.61. The molecule has 0 radical (unpaired) electrons. The second-order valence-corrected chi connectivity index (χ2v) is 6.39. The summed E-state index contributed by atoms with van der Waals surface area (Å²) < 4.78 is 26.5. The van der Waals surface area contributed by atoms with Crippen LogP contribution < -0.4 is 10.2 Å². The number of hydrogen-bond acceptors (Lipinski definition) is 3. The molecule has 1 aliphatic heterocycles. The molecule has 1 heterocycles. The highest BCUT2D eigenvalue weighted by atomic mass is 32.1. The maximum atomic E-state index is 13.6. The standard InChI is InChI=1S/C20H21F2N3S/c21-16-6-9-19(18(22)12-16)23-14-24-20(13-26)15-4-7-17(8-5-15)25-10-2-1-3-11-25/h4-9,12-14,26H,1-3,10-11H2,(H,23,24)/b20-13-. The van der Waals surface area contributed by atoms with Crippen molar-refractivity contribution in [1.82, 2.24) is 5.32 Å². The molecular weight excluding hydrogens is 352 g/mol. The molecule has 0 amide bonds. The fourth-order valence-electron chi connectivity index (χ4n) is 2.96. The fraction of sp³-hybridized carbons (Fsp3) is 0.250. The van der Waals surface area contributed by atoms with E-state index in [2.05, 4.69) is 40.0 Å². The van der Waals surface area contributed by atoms with Crippen molar-refractivity contribution in [2.75, 3.05) is 18.0 Å². The summed E-state index contributed by atoms with van der Waals surface area (Å²) in [5.41, 5.74) is 2.98. The van der Waals surface area contributed by atoms with Gasteiger partial charge in [0.1, 0.15) is 11.5 Å². The number of benzene rings is 2. The molecule has 6 heteroatoms. The molecule has 0 unspecified atom stereocenters. The van der Waals surface area contributed by atoms with Gasteiger partial charge in [-0.2, -0.15) is 0 Å². The number of aliphatic imine (C=N–C) groups is 1. The summed E-state index contributed by atoms with van der Waals surface area (Å²) >= 11 is 4.23. The van der Waals surface area contributed by atoms with Crippen LogP contribution in [0.5, 0.6) is 0 Å². The summed E-state index contributed by atoms with van der Waals surface area (Å²) in [6, 6.07) is 11.5. The number of piperidine rings is 1. The summed E-state index contributed by atoms with van der Waals surface area (Å²) in [6.07, 6.45) is 5.15. The van der Waals surface area contributed by atoms with Gasteiger partial charge >= 0.3 is 0 Å². The fourth-order valence-corrected chi connectivity index (χ4v) is 3.18. The number of hydrogen-bond donors (Lipinski definition) is 2. The van der Waals surface area contributed by atoms with Gasteiger partial charge in [0, 0.05) is 24.8 Å². The van der Waals surface area contributed by atoms with Gasteiger partial charge in [-0.15, -0.1) is 12.6 Å². The monoisotopic (exact) mass is 373 g/mol. The maximum Gasteiger partial charge on any atom is 0.151 e. The van der Waals surface area contributed by atoms with Crippen molar-refractivity contribution in [3.63, 3.8) is 0 Å². The molecule has 0 aromatic heterocycles. The van der Waals surface area contributed by atoms with E-state index < -0.39 is 11.6 Å². The highest BCUT2D eigenvalue weighted by Crippen LogP contribution is 2.23. The third-order valence-electron chi connectivity index (χ3n) is 4.36. The summed E-state index contributed by atoms with van der Waals surface area (Å²) in [5, 5.41) is 4.62. The van der Waals surface area contributed by atoms with Crippen LogP contribution in [0.15, 0.2) is 52.9 Å². The summed E-state index contributed by atoms with van der Waals surface area (Å²) in [4.78, 5) is 6.38. The zero-order valence-corrected chi connectivity index (χ0v) is 15.2. The van der Waals surface area contributed by atoms with Crippen molar-refractivity contribution in [2.24, 2.45) is 4.99 Å². The predicted molar refractivity (Wildman–Crippen MR) is 107 cm³/mol. The van der Waals surface area contributed by atoms with Crippen LogP contribution in [0.25, 0.3) is 5.70 Å². The van der Waals surface area contributed by atoms with Gasteiger partial charge in [0.25, 0.3) is 0 Å². The van der Waals surface area contributed by atoms with Crippen molar-refractivity contribution in [1.29, 1.82) is 0 Å². The van der Waals surface area contributed by atoms with E-state index in [1.165, 1.54) is 43.4 Å². The molecular formula is C20H21F2N3S. The van der Waals surface area contributed by atoms with Crippen LogP contribution in [0.2, 0.25) is 0 Å². The minimum atomic E-state index is -0.703. The van der Waals surface area contributed by atoms with Crippen molar-refractivity contribution in [3.8, 4) is 0 Å². The molecule has 1 fully saturated rings. The van der Waals surface area contributed by atoms with Gasteiger partial charge in [-0.25, -0.2) is 13.8 Å². The van der Waals surface area contributed by atoms with E-state index in [-0.39, 0.29) is 5.69 Å². The Balaban J connectivity index is 1.66. The Kier molecular flexibility index (Phi) is 6.28. The first kappa shape index (κ1) is 18.5. The Hall–Kier alpha value is -2.34. The lowest BCUT2D eigenvalue weighted by atomic mass is 10.1. The minimum Gasteiger partial charge on any atom is -0.372 e. The van der Waals surface area contributed by atoms with E-state index in [0.717, 1.165) is 30.4 Å². The average Bonchev–Trinajstić information content (AvgIpc) is 2.68. The molecule has 3 nitrogen and oxygen atoms in total. The number of halogens is 2. The van der Waals surface area contributed by atoms with Crippen LogP contribution in [-0.2, 0) is 0 Å². The highest BCUT2D eigenvalue weighted by molar-refractivity contribution is 7.83. The topological polar surface area (TPSA) is 27.6 Å². The third-order valence-corrected chi connectivity index (χ3v) is 4.62. The van der Waals surface area contributed by atoms with E-state index in [1.807, 2.05) is 12.1 Å². The number of nitrogens with zero attached hydrogens (tertiary/aromatic N) is 2. The molecule has 136 valence electrons. The highest BCUT2D eigenvalue weighted by Gasteiger charge is 2.11. The maximum absolute atomic E-state index is 13.6. The number of rotatable bonds is 5. The van der Waals surface area contributed by atoms with Crippen LogP contribution in [0.3, 0.4) is 0 Å². The molecule has 3 rings (SSSR count). The van der Waals surface area contributed by atoms with E-state index in [0.29, 0.717) is 0 Å². The smallest absolute Gasteiger partial charge is 0.151 e. The first-order chi connectivity index (χ1) is 12.7. The molecule has 26 heavy (non-hydrogen) atoms. The van der Waals surface area contributed by atoms with Gasteiger partial charge in [-0.3, -0.25) is 0 Å². The Morgan fingerprint density at radius 2 is 1.77 bits per heavy atom. The molecule has 0 aliphatic carbocycles. The molecule has 2 aromatic carbocycles. The zero-order chi connectivity index (χ0) is 18.4. The number of anilines is 1. The molecule has 0 bridgehead atoms. The largest absolute Gasteiger partial charge is 0.372 e. The number of nitrogens with one attached hydrogen (secondary N) is 1. The lowest BCUT2D eigenvalue weighted by molar-refractivity contribution is 0.578. The molecule has 1 N–H and O–H groups in total. The SMILES string of the molecule is Fc1ccc(N=CN/C(=C\S)c2ccc(N3CCCCC3)cc2)c(F)c1. The van der Waals surface area contributed by atoms with Crippen molar-refractivity contribution < 1.29 is 8.78 Å². The summed E-state index contributed by atoms with van der Waals surface area (Å²) in [6.45, 7) is 2.20. The van der Waals surface area contributed by atoms with E-state index >= 15 is 0 Å². The minimum absolute atomic E-state index is 0.0675. The van der Waals surface area contributed by atoms with Crippen LogP contribution >= 0.6 is 12.6 Å². The molecule has 2 aromatic rings. The Labute approximate surface area is 157 Å². The van der Waals surface area contributed by atoms with E-state index in [9.17, 15) is 8.78 Å². The van der Waals surface area contributed by atoms with Gasteiger partial charge in [0.05, 0.1) is 12.0 Å². The Morgan fingerprint density at radius 3 is 2.42 bits per heavy atom. The Bertz CT molecular complexity index is 797. The molecule has 1 saturated heterocycles. The van der Waals surface area contributed by atoms with Crippen LogP contribution in [0, 0.1) is 11.6 Å². The van der Waals surface area contributed by atoms with Crippen molar-refractivity contribution in [3.05, 3.63) is 65.1 Å². The average molecular weight is 373 g/mol. The van der Waals surface area contributed by atoms with Crippen LogP contribution in [0.1, 0.15) is 24.8 Å². The van der Waals surface area contributed by atoms with Gasteiger partial charge < -0.3 is 10.2 Å². The molecule has 0 saturated carbocycles. The van der Waals surface area contributed by atoms with E-state index in [1.54, 1.807) is 5.41 Å². The van der Waals surface area contributed by atoms with Gasteiger partial charge in [-0.05, 0) is 54.5 Å². The molecule has 1 aliphatic rings. The predicted octanol–water partition coefficient (Wildman–Crippen LogP) is 5.13. The quantitative estimate of drug-likeness (QED) is 0.432. The van der Waals surface area contributed by atoms with Gasteiger partial charge in [0.15, 0.2) is 5.82 Å². The first-order valence-corrected chi connectivity index (χ1v) is 9.13. The Morgan fingerprint density at radius 1 is 1.04 bits per heavy atom. The zero-order valence-electron chi connectivity index (χ0n) is 14.3. The van der Waals surface area contributed by atoms with Crippen LogP contribution in [0.4, 0.5) is 20.2 Å². The third kappa shape index (κ3) is 4.64. The van der Waals surface area contributed by atoms with Gasteiger partial charge in [0.2, 0.25) is 0 Å². The lowest BCUT2D eigenvalue weighted by Gasteiger charge is -2.28. The number of thiol groups is 1. The van der Waals surface area contributed by atoms with Crippen molar-refractivity contribution >= 4 is 36.0 Å². The van der Waals surface area contributed by atoms with E-state index in [4.69, 9.17) is 0 Å². The van der Waals surface area contributed by atoms with Crippen molar-refractivity contribution in [2.45, 2.75) is 19.3 Å². The second kappa shape index (κ2) is 8.85. The van der Waals surface area contributed by atoms with Gasteiger partial charge in [-0.1, -0.05) is 12.1 Å². The normalized spacial score (nSPS) is 15.5. The van der Waals surface area contributed by atoms with Crippen LogP contribution in [-0.4, -0.2) is 19.4 Å². The molecule has 0 atom stereocenters. The molecule has 0 spiro atoms. The summed E-state index contributed by atoms with van der Waals surface area (Å²) in [5.74, 6) is -1.33. The lowest BCUT2D eigenvalue weighted by Crippen LogP contribution is -2.29. The summed E-state index contributed by atoms with van der Waals surface area (Å²) in [7, 11) is 0.